The van der Waals surface area contributed by atoms with Crippen LogP contribution in [0, 0.1) is 47.4 Å². The summed E-state index contributed by atoms with van der Waals surface area (Å²) >= 11 is 5.77. The second-order valence-corrected chi connectivity index (χ2v) is 18.1. The molecule has 1 aromatic heterocycles. The molecule has 400 valence electrons. The monoisotopic (exact) mass is 1010 g/mol. The number of carbonyl (C=O) groups excluding carboxylic acids is 2. The van der Waals surface area contributed by atoms with E-state index in [-0.39, 0.29) is 18.5 Å². The maximum absolute atomic E-state index is 11.0. The molecule has 2 aliphatic heterocycles. The highest BCUT2D eigenvalue weighted by Gasteiger charge is 2.42. The molecular formula is C58H102N6O4S2. The van der Waals surface area contributed by atoms with E-state index < -0.39 is 0 Å². The summed E-state index contributed by atoms with van der Waals surface area (Å²) in [6, 6.07) is 18.5. The van der Waals surface area contributed by atoms with E-state index in [1.807, 2.05) is 50.0 Å². The third-order valence-corrected chi connectivity index (χ3v) is 9.86. The fraction of sp³-hybridized carbons (Fsp3) is 0.603. The minimum absolute atomic E-state index is 0.0198. The Hall–Kier alpha value is -4.51. The number of rotatable bonds is 10. The van der Waals surface area contributed by atoms with Crippen LogP contribution < -0.4 is 22.1 Å². The van der Waals surface area contributed by atoms with Crippen LogP contribution in [0.1, 0.15) is 173 Å². The van der Waals surface area contributed by atoms with Gasteiger partial charge in [-0.15, -0.1) is 0 Å². The Morgan fingerprint density at radius 2 is 1.29 bits per heavy atom. The molecule has 0 radical (unpaired) electrons. The molecule has 3 unspecified atom stereocenters. The van der Waals surface area contributed by atoms with Crippen molar-refractivity contribution in [3.8, 4) is 41.3 Å². The molecule has 2 fully saturated rings. The molecule has 0 aliphatic carbocycles. The average molecular weight is 1010 g/mol. The number of hydrogen-bond donors (Lipinski definition) is 8. The Bertz CT molecular complexity index is 1670. The third kappa shape index (κ3) is 63.5. The second kappa shape index (κ2) is 62.5. The zero-order valence-corrected chi connectivity index (χ0v) is 48.5. The van der Waals surface area contributed by atoms with Crippen LogP contribution in [0.5, 0.6) is 5.75 Å². The molecule has 12 heteroatoms. The van der Waals surface area contributed by atoms with E-state index in [1.54, 1.807) is 39.2 Å². The lowest BCUT2D eigenvalue weighted by Crippen LogP contribution is -2.36. The number of thiol groups is 1. The molecule has 3 aromatic rings. The molecule has 10 nitrogen and oxygen atoms in total. The van der Waals surface area contributed by atoms with Crippen LogP contribution in [-0.4, -0.2) is 74.1 Å². The van der Waals surface area contributed by atoms with Crippen molar-refractivity contribution in [2.24, 2.45) is 23.3 Å². The largest absolute Gasteiger partial charge is 0.508 e. The van der Waals surface area contributed by atoms with E-state index in [0.717, 1.165) is 55.6 Å². The fourth-order valence-corrected chi connectivity index (χ4v) is 6.10. The first kappa shape index (κ1) is 77.0. The highest BCUT2D eigenvalue weighted by atomic mass is 32.2. The lowest BCUT2D eigenvalue weighted by molar-refractivity contribution is -0.118. The number of unbranched alkanes of at least 4 members (excludes halogenated alkanes) is 1. The van der Waals surface area contributed by atoms with Crippen molar-refractivity contribution in [1.82, 2.24) is 20.6 Å². The number of hydrogen-bond acceptors (Lipinski definition) is 8. The van der Waals surface area contributed by atoms with Crippen LogP contribution >= 0.6 is 24.4 Å². The Balaban J connectivity index is -0.000000165. The summed E-state index contributed by atoms with van der Waals surface area (Å²) in [6.45, 7) is 34.0. The number of nitrogens with two attached hydrogens (primary N) is 2. The molecule has 2 aliphatic rings. The minimum Gasteiger partial charge on any atom is -0.508 e. The number of nitrogens with one attached hydrogen (secondary N) is 3. The number of aryl methyl sites for hydroxylation is 3. The number of aliphatic hydroxyl groups is 1. The molecule has 3 heterocycles. The van der Waals surface area contributed by atoms with E-state index in [0.29, 0.717) is 29.5 Å². The lowest BCUT2D eigenvalue weighted by atomic mass is 10.1. The van der Waals surface area contributed by atoms with E-state index in [1.165, 1.54) is 48.9 Å². The molecule has 3 amide bonds. The van der Waals surface area contributed by atoms with Gasteiger partial charge in [0, 0.05) is 35.9 Å². The Kier molecular flexibility index (Phi) is 68.7. The lowest BCUT2D eigenvalue weighted by Gasteiger charge is -2.15. The highest BCUT2D eigenvalue weighted by Crippen LogP contribution is 2.32. The SMILES string of the molecule is CC#CC#CC#CC.CC(C)C.CCC(C)C.CCCC(N)=O.CCCC1SCC2NC(=O)NC21.CCCCN.CCO.CCS.CCc1ccc(O)cc1.CCc1ccccc1.CCc1cnc[nH]1. The molecule has 9 N–H and O–H groups in total. The number of phenols is 1. The van der Waals surface area contributed by atoms with Gasteiger partial charge in [-0.1, -0.05) is 164 Å². The van der Waals surface area contributed by atoms with Crippen molar-refractivity contribution in [3.05, 3.63) is 83.9 Å². The van der Waals surface area contributed by atoms with Gasteiger partial charge in [-0.2, -0.15) is 24.4 Å². The highest BCUT2D eigenvalue weighted by molar-refractivity contribution is 8.00. The van der Waals surface area contributed by atoms with Crippen molar-refractivity contribution in [2.45, 2.75) is 192 Å². The smallest absolute Gasteiger partial charge is 0.315 e. The van der Waals surface area contributed by atoms with Gasteiger partial charge in [-0.05, 0) is 130 Å². The van der Waals surface area contributed by atoms with E-state index in [9.17, 15) is 9.59 Å². The summed E-state index contributed by atoms with van der Waals surface area (Å²) in [5.41, 5.74) is 13.8. The van der Waals surface area contributed by atoms with Crippen LogP contribution in [0.25, 0.3) is 0 Å². The molecule has 0 spiro atoms. The topological polar surface area (TPSA) is 179 Å². The first-order chi connectivity index (χ1) is 33.4. The number of aromatic hydroxyl groups is 1. The average Bonchev–Trinajstić information content (AvgIpc) is 4.10. The number of phenolic OH excluding ortho intramolecular Hbond substituents is 1. The normalized spacial score (nSPS) is 13.3. The van der Waals surface area contributed by atoms with Gasteiger partial charge >= 0.3 is 6.03 Å². The number of nitrogens with zero attached hydrogens (tertiary/aromatic N) is 1. The fourth-order valence-electron chi connectivity index (χ4n) is 4.49. The van der Waals surface area contributed by atoms with Crippen molar-refractivity contribution in [3.63, 3.8) is 0 Å². The maximum atomic E-state index is 11.0. The molecular weight excluding hydrogens is 909 g/mol. The number of fused-ring (bicyclic) bond motifs is 1. The number of H-pyrrole nitrogens is 1. The Morgan fingerprint density at radius 1 is 0.800 bits per heavy atom. The van der Waals surface area contributed by atoms with Gasteiger partial charge in [0.2, 0.25) is 5.91 Å². The summed E-state index contributed by atoms with van der Waals surface area (Å²) in [4.78, 5) is 27.6. The molecule has 70 heavy (non-hydrogen) atoms. The second-order valence-electron chi connectivity index (χ2n) is 16.2. The standard InChI is InChI=1S/C8H14N2OS.C8H10O.C8H10.C8H6.C5H8N2.C5H12.C4H9NO.C4H11N.C4H10.C2H6O.C2H6S/c1-2-3-6-7-5(4-12-6)9-8(11)10-7;1-2-7-3-5-8(9)6-4-7;1-2-8-6-4-3-5-7-8;1-3-5-7-8-6-4-2;1-2-5-3-6-4-7-5;1-4-5(2)3;1-2-3-4(5)6;1-2-3-4-5;1-4(2)3;2*1-2-3/h5-7H,2-4H2,1H3,(H2,9,10,11);3-6,9H,2H2,1H3;3-7H,2H2,1H3;1-2H3;3-4H,2H2,1H3,(H,6,7);5H,4H2,1-3H3;2-3H2,1H3,(H2,5,6);2-5H2,1H3;4H,1-3H3;2*3H,2H2,1H3. The van der Waals surface area contributed by atoms with Crippen LogP contribution in [0.4, 0.5) is 4.79 Å². The first-order valence-electron chi connectivity index (χ1n) is 25.4. The summed E-state index contributed by atoms with van der Waals surface area (Å²) in [5, 5.41) is 23.0. The number of aliphatic hydroxyl groups excluding tert-OH is 1. The van der Waals surface area contributed by atoms with E-state index in [2.05, 4.69) is 169 Å². The zero-order valence-electron chi connectivity index (χ0n) is 46.8. The summed E-state index contributed by atoms with van der Waals surface area (Å²) in [6.07, 6.45) is 14.2. The van der Waals surface area contributed by atoms with Gasteiger partial charge in [-0.3, -0.25) is 4.79 Å². The van der Waals surface area contributed by atoms with Gasteiger partial charge in [-0.25, -0.2) is 9.78 Å². The number of benzene rings is 2. The Morgan fingerprint density at radius 3 is 1.57 bits per heavy atom. The zero-order chi connectivity index (χ0) is 54.8. The first-order valence-corrected chi connectivity index (χ1v) is 27.1. The summed E-state index contributed by atoms with van der Waals surface area (Å²) in [5.74, 6) is 19.4. The van der Waals surface area contributed by atoms with Crippen LogP contribution in [0.2, 0.25) is 0 Å². The predicted molar refractivity (Wildman–Crippen MR) is 312 cm³/mol. The molecule has 2 saturated heterocycles. The summed E-state index contributed by atoms with van der Waals surface area (Å²) < 4.78 is 0. The van der Waals surface area contributed by atoms with Gasteiger partial charge in [0.1, 0.15) is 5.75 Å². The number of aromatic nitrogens is 2. The van der Waals surface area contributed by atoms with Crippen LogP contribution in [-0.2, 0) is 24.1 Å². The van der Waals surface area contributed by atoms with Crippen LogP contribution in [0.15, 0.2) is 67.1 Å². The molecule has 0 saturated carbocycles. The number of thioether (sulfide) groups is 1. The Labute approximate surface area is 440 Å². The van der Waals surface area contributed by atoms with E-state index in [4.69, 9.17) is 21.7 Å². The van der Waals surface area contributed by atoms with Crippen LogP contribution in [0.3, 0.4) is 0 Å². The quantitative estimate of drug-likeness (QED) is 0.0565. The number of urea groups is 1. The molecule has 0 bridgehead atoms. The maximum Gasteiger partial charge on any atom is 0.315 e. The number of imidazole rings is 1. The summed E-state index contributed by atoms with van der Waals surface area (Å²) in [7, 11) is 0. The number of amides is 3. The van der Waals surface area contributed by atoms with Crippen molar-refractivity contribution >= 4 is 36.3 Å². The van der Waals surface area contributed by atoms with Gasteiger partial charge < -0.3 is 37.3 Å². The third-order valence-electron chi connectivity index (χ3n) is 8.35. The molecule has 2 aromatic carbocycles. The molecule has 5 rings (SSSR count). The van der Waals surface area contributed by atoms with Gasteiger partial charge in [0.05, 0.1) is 18.4 Å². The number of carbonyl (C=O) groups is 2. The van der Waals surface area contributed by atoms with E-state index >= 15 is 0 Å². The number of aromatic amines is 1. The molecule has 3 atom stereocenters. The van der Waals surface area contributed by atoms with Gasteiger partial charge in [0.25, 0.3) is 0 Å². The van der Waals surface area contributed by atoms with Crippen molar-refractivity contribution in [1.29, 1.82) is 0 Å². The predicted octanol–water partition coefficient (Wildman–Crippen LogP) is 12.8. The van der Waals surface area contributed by atoms with Gasteiger partial charge in [0.15, 0.2) is 0 Å². The minimum atomic E-state index is -0.211. The number of primary amides is 1. The van der Waals surface area contributed by atoms with Crippen molar-refractivity contribution in [2.75, 3.05) is 24.7 Å². The van der Waals surface area contributed by atoms with Crippen molar-refractivity contribution < 1.29 is 19.8 Å².